The van der Waals surface area contributed by atoms with Crippen LogP contribution in [0, 0.1) is 20.8 Å². The number of carbonyl (C=O) groups excluding carboxylic acids is 1. The molecule has 1 unspecified atom stereocenters. The Bertz CT molecular complexity index is 1220. The van der Waals surface area contributed by atoms with E-state index in [0.29, 0.717) is 11.9 Å². The third kappa shape index (κ3) is 6.77. The van der Waals surface area contributed by atoms with Gasteiger partial charge in [-0.15, -0.1) is 0 Å². The first kappa shape index (κ1) is 23.7. The zero-order chi connectivity index (χ0) is 24.8. The Balaban J connectivity index is 1.54. The van der Waals surface area contributed by atoms with E-state index in [2.05, 4.69) is 36.2 Å². The number of aromatic nitrogens is 3. The Morgan fingerprint density at radius 2 is 0.971 bits per heavy atom. The van der Waals surface area contributed by atoms with Gasteiger partial charge in [0.2, 0.25) is 23.8 Å². The Morgan fingerprint density at radius 1 is 0.600 bits per heavy atom. The maximum absolute atomic E-state index is 12.7. The topological polar surface area (TPSA) is 104 Å². The fourth-order valence-electron chi connectivity index (χ4n) is 3.23. The van der Waals surface area contributed by atoms with E-state index in [1.165, 1.54) is 0 Å². The summed E-state index contributed by atoms with van der Waals surface area (Å²) in [6.45, 7) is 7.82. The fourth-order valence-corrected chi connectivity index (χ4v) is 3.23. The van der Waals surface area contributed by atoms with Crippen LogP contribution in [0.4, 0.5) is 34.9 Å². The number of rotatable bonds is 8. The van der Waals surface area contributed by atoms with E-state index in [4.69, 9.17) is 0 Å². The summed E-state index contributed by atoms with van der Waals surface area (Å²) in [6.07, 6.45) is 0. The van der Waals surface area contributed by atoms with E-state index in [0.717, 1.165) is 33.8 Å². The Kier molecular flexibility index (Phi) is 7.21. The van der Waals surface area contributed by atoms with E-state index in [1.54, 1.807) is 6.92 Å². The predicted octanol–water partition coefficient (Wildman–Crippen LogP) is 5.72. The lowest BCUT2D eigenvalue weighted by molar-refractivity contribution is -0.116. The molecule has 1 aromatic heterocycles. The normalized spacial score (nSPS) is 11.4. The summed E-state index contributed by atoms with van der Waals surface area (Å²) in [5.41, 5.74) is 5.86. The molecule has 0 aliphatic heterocycles. The number of benzene rings is 3. The van der Waals surface area contributed by atoms with Gasteiger partial charge in [-0.1, -0.05) is 53.1 Å². The molecule has 4 aromatic rings. The summed E-state index contributed by atoms with van der Waals surface area (Å²) in [5.74, 6) is 0.783. The standard InChI is InChI=1S/C27H29N7O/c1-17-5-11-21(12-6-17)29-24(35)20(4)28-25-32-26(30-22-13-7-18(2)8-14-22)34-27(33-25)31-23-15-9-19(3)10-16-23/h5-16,20H,1-4H3,(H,29,35)(H3,28,30,31,32,33,34). The van der Waals surface area contributed by atoms with Gasteiger partial charge in [0, 0.05) is 17.1 Å². The van der Waals surface area contributed by atoms with Crippen LogP contribution in [0.25, 0.3) is 0 Å². The van der Waals surface area contributed by atoms with Gasteiger partial charge < -0.3 is 21.3 Å². The van der Waals surface area contributed by atoms with E-state index >= 15 is 0 Å². The molecule has 1 heterocycles. The molecular weight excluding hydrogens is 438 g/mol. The molecule has 0 radical (unpaired) electrons. The van der Waals surface area contributed by atoms with E-state index in [-0.39, 0.29) is 11.9 Å². The summed E-state index contributed by atoms with van der Waals surface area (Å²) in [6, 6.07) is 22.9. The number of amides is 1. The van der Waals surface area contributed by atoms with Gasteiger partial charge >= 0.3 is 0 Å². The number of anilines is 6. The zero-order valence-corrected chi connectivity index (χ0v) is 20.3. The highest BCUT2D eigenvalue weighted by Gasteiger charge is 2.16. The van der Waals surface area contributed by atoms with Crippen LogP contribution in [-0.2, 0) is 4.79 Å². The molecule has 8 heteroatoms. The highest BCUT2D eigenvalue weighted by molar-refractivity contribution is 5.96. The number of nitrogens with zero attached hydrogens (tertiary/aromatic N) is 3. The molecule has 0 spiro atoms. The van der Waals surface area contributed by atoms with Crippen LogP contribution in [0.5, 0.6) is 0 Å². The van der Waals surface area contributed by atoms with Crippen molar-refractivity contribution in [2.75, 3.05) is 21.3 Å². The molecule has 4 N–H and O–H groups in total. The van der Waals surface area contributed by atoms with Gasteiger partial charge in [-0.05, 0) is 64.1 Å². The minimum Gasteiger partial charge on any atom is -0.342 e. The van der Waals surface area contributed by atoms with Crippen LogP contribution in [0.1, 0.15) is 23.6 Å². The van der Waals surface area contributed by atoms with Crippen LogP contribution in [-0.4, -0.2) is 26.9 Å². The number of carbonyl (C=O) groups is 1. The van der Waals surface area contributed by atoms with Crippen molar-refractivity contribution in [1.29, 1.82) is 0 Å². The van der Waals surface area contributed by atoms with Crippen LogP contribution in [0.2, 0.25) is 0 Å². The average Bonchev–Trinajstić information content (AvgIpc) is 2.83. The maximum Gasteiger partial charge on any atom is 0.246 e. The quantitative estimate of drug-likeness (QED) is 0.263. The second-order valence-electron chi connectivity index (χ2n) is 8.51. The Hall–Kier alpha value is -4.46. The molecule has 1 amide bonds. The second kappa shape index (κ2) is 10.6. The molecule has 178 valence electrons. The number of hydrogen-bond acceptors (Lipinski definition) is 7. The van der Waals surface area contributed by atoms with Crippen molar-refractivity contribution < 1.29 is 4.79 Å². The van der Waals surface area contributed by atoms with Crippen molar-refractivity contribution in [3.63, 3.8) is 0 Å². The second-order valence-corrected chi connectivity index (χ2v) is 8.51. The molecule has 0 bridgehead atoms. The molecule has 0 fully saturated rings. The van der Waals surface area contributed by atoms with Crippen molar-refractivity contribution in [2.24, 2.45) is 0 Å². The van der Waals surface area contributed by atoms with Crippen molar-refractivity contribution >= 4 is 40.8 Å². The SMILES string of the molecule is Cc1ccc(NC(=O)C(C)Nc2nc(Nc3ccc(C)cc3)nc(Nc3ccc(C)cc3)n2)cc1. The van der Waals surface area contributed by atoms with Gasteiger partial charge in [0.15, 0.2) is 0 Å². The van der Waals surface area contributed by atoms with Crippen LogP contribution >= 0.6 is 0 Å². The molecule has 0 aliphatic carbocycles. The number of nitrogens with one attached hydrogen (secondary N) is 4. The third-order valence-corrected chi connectivity index (χ3v) is 5.31. The van der Waals surface area contributed by atoms with Crippen LogP contribution < -0.4 is 21.3 Å². The summed E-state index contributed by atoms with van der Waals surface area (Å²) in [7, 11) is 0. The first-order valence-electron chi connectivity index (χ1n) is 11.4. The molecule has 0 aliphatic rings. The van der Waals surface area contributed by atoms with E-state index < -0.39 is 6.04 Å². The minimum atomic E-state index is -0.585. The molecule has 3 aromatic carbocycles. The first-order valence-corrected chi connectivity index (χ1v) is 11.4. The van der Waals surface area contributed by atoms with E-state index in [1.807, 2.05) is 93.6 Å². The summed E-state index contributed by atoms with van der Waals surface area (Å²) >= 11 is 0. The Morgan fingerprint density at radius 3 is 1.40 bits per heavy atom. The van der Waals surface area contributed by atoms with Crippen molar-refractivity contribution in [3.8, 4) is 0 Å². The van der Waals surface area contributed by atoms with Crippen molar-refractivity contribution in [1.82, 2.24) is 15.0 Å². The summed E-state index contributed by atoms with van der Waals surface area (Å²) in [5, 5.41) is 12.4. The highest BCUT2D eigenvalue weighted by Crippen LogP contribution is 2.20. The molecule has 35 heavy (non-hydrogen) atoms. The fraction of sp³-hybridized carbons (Fsp3) is 0.185. The van der Waals surface area contributed by atoms with Crippen molar-refractivity contribution in [3.05, 3.63) is 89.5 Å². The molecule has 1 atom stereocenters. The zero-order valence-electron chi connectivity index (χ0n) is 20.3. The average molecular weight is 468 g/mol. The van der Waals surface area contributed by atoms with Gasteiger partial charge in [-0.2, -0.15) is 15.0 Å². The molecule has 0 saturated heterocycles. The molecule has 8 nitrogen and oxygen atoms in total. The lowest BCUT2D eigenvalue weighted by Gasteiger charge is -2.16. The predicted molar refractivity (Wildman–Crippen MR) is 142 cm³/mol. The first-order chi connectivity index (χ1) is 16.8. The minimum absolute atomic E-state index is 0.199. The lowest BCUT2D eigenvalue weighted by atomic mass is 10.2. The van der Waals surface area contributed by atoms with E-state index in [9.17, 15) is 4.79 Å². The molecule has 0 saturated carbocycles. The Labute approximate surface area is 205 Å². The summed E-state index contributed by atoms with van der Waals surface area (Å²) in [4.78, 5) is 26.2. The van der Waals surface area contributed by atoms with Gasteiger partial charge in [-0.25, -0.2) is 0 Å². The van der Waals surface area contributed by atoms with Gasteiger partial charge in [0.05, 0.1) is 0 Å². The van der Waals surface area contributed by atoms with Crippen LogP contribution in [0.15, 0.2) is 72.8 Å². The molecule has 4 rings (SSSR count). The van der Waals surface area contributed by atoms with Crippen molar-refractivity contribution in [2.45, 2.75) is 33.7 Å². The smallest absolute Gasteiger partial charge is 0.246 e. The lowest BCUT2D eigenvalue weighted by Crippen LogP contribution is -2.32. The molecular formula is C27H29N7O. The number of hydrogen-bond donors (Lipinski definition) is 4. The maximum atomic E-state index is 12.7. The monoisotopic (exact) mass is 467 g/mol. The van der Waals surface area contributed by atoms with Crippen LogP contribution in [0.3, 0.4) is 0 Å². The number of aryl methyl sites for hydroxylation is 3. The highest BCUT2D eigenvalue weighted by atomic mass is 16.2. The summed E-state index contributed by atoms with van der Waals surface area (Å²) < 4.78 is 0. The largest absolute Gasteiger partial charge is 0.342 e. The van der Waals surface area contributed by atoms with Gasteiger partial charge in [0.1, 0.15) is 6.04 Å². The van der Waals surface area contributed by atoms with Gasteiger partial charge in [0.25, 0.3) is 0 Å². The third-order valence-electron chi connectivity index (χ3n) is 5.31. The van der Waals surface area contributed by atoms with Gasteiger partial charge in [-0.3, -0.25) is 4.79 Å².